The molecule has 0 bridgehead atoms. The maximum absolute atomic E-state index is 13.5. The number of rotatable bonds is 5. The van der Waals surface area contributed by atoms with E-state index in [1.54, 1.807) is 17.0 Å². The number of aliphatic hydroxyl groups excluding tert-OH is 1. The molecule has 1 amide bonds. The van der Waals surface area contributed by atoms with Crippen LogP contribution in [0.1, 0.15) is 53.6 Å². The first-order chi connectivity index (χ1) is 19.5. The van der Waals surface area contributed by atoms with Crippen molar-refractivity contribution in [3.05, 3.63) is 123 Å². The summed E-state index contributed by atoms with van der Waals surface area (Å²) in [6.07, 6.45) is 1.81. The van der Waals surface area contributed by atoms with Crippen LogP contribution in [0.3, 0.4) is 0 Å². The van der Waals surface area contributed by atoms with Crippen LogP contribution in [0.2, 0.25) is 0 Å². The van der Waals surface area contributed by atoms with Crippen LogP contribution in [0.5, 0.6) is 0 Å². The normalized spacial score (nSPS) is 16.8. The van der Waals surface area contributed by atoms with Crippen LogP contribution in [0.15, 0.2) is 94.1 Å². The molecule has 3 aromatic carbocycles. The zero-order valence-corrected chi connectivity index (χ0v) is 22.0. The number of carbonyl (C=O) groups is 1. The van der Waals surface area contributed by atoms with Crippen molar-refractivity contribution in [3.8, 4) is 11.3 Å². The van der Waals surface area contributed by atoms with Crippen molar-refractivity contribution in [3.63, 3.8) is 0 Å². The van der Waals surface area contributed by atoms with E-state index in [9.17, 15) is 14.7 Å². The van der Waals surface area contributed by atoms with Crippen molar-refractivity contribution in [2.45, 2.75) is 43.7 Å². The predicted octanol–water partition coefficient (Wildman–Crippen LogP) is 5.27. The number of aryl methyl sites for hydroxylation is 1. The van der Waals surface area contributed by atoms with Gasteiger partial charge in [0.05, 0.1) is 23.2 Å². The first kappa shape index (κ1) is 24.5. The standard InChI is InChI=1S/C33H29N3O4/c37-29(23-10-6-9-21(18-23)28-19-22-8-4-5-14-27(22)40-28)31(39)36-17-7-13-26-25(20-36)30(38)35-32(34-26)33(15-16-33)24-11-2-1-3-12-24/h1-6,8-12,14,18-19,29,37H,7,13,15-17,20H2,(H,34,35,38)/t29-/m1/s1. The van der Waals surface area contributed by atoms with Gasteiger partial charge in [0, 0.05) is 17.5 Å². The minimum absolute atomic E-state index is 0.120. The fourth-order valence-corrected chi connectivity index (χ4v) is 5.88. The highest BCUT2D eigenvalue weighted by Gasteiger charge is 2.48. The summed E-state index contributed by atoms with van der Waals surface area (Å²) in [7, 11) is 0. The van der Waals surface area contributed by atoms with Gasteiger partial charge < -0.3 is 19.4 Å². The van der Waals surface area contributed by atoms with Gasteiger partial charge in [0.1, 0.15) is 17.2 Å². The maximum Gasteiger partial charge on any atom is 0.256 e. The van der Waals surface area contributed by atoms with E-state index in [1.165, 1.54) is 0 Å². The van der Waals surface area contributed by atoms with Crippen molar-refractivity contribution in [2.24, 2.45) is 0 Å². The molecule has 1 atom stereocenters. The molecular weight excluding hydrogens is 502 g/mol. The third kappa shape index (κ3) is 4.23. The van der Waals surface area contributed by atoms with Crippen LogP contribution in [0, 0.1) is 0 Å². The van der Waals surface area contributed by atoms with Gasteiger partial charge in [-0.15, -0.1) is 0 Å². The summed E-state index contributed by atoms with van der Waals surface area (Å²) in [4.78, 5) is 36.4. The molecule has 3 heterocycles. The Balaban J connectivity index is 1.14. The number of hydrogen-bond acceptors (Lipinski definition) is 5. The van der Waals surface area contributed by atoms with Crippen LogP contribution in [0.4, 0.5) is 0 Å². The third-order valence-corrected chi connectivity index (χ3v) is 8.28. The van der Waals surface area contributed by atoms with Gasteiger partial charge in [0.15, 0.2) is 6.10 Å². The summed E-state index contributed by atoms with van der Waals surface area (Å²) in [5.41, 5.74) is 4.01. The molecule has 0 saturated heterocycles. The predicted molar refractivity (Wildman–Crippen MR) is 152 cm³/mol. The molecule has 0 unspecified atom stereocenters. The monoisotopic (exact) mass is 531 g/mol. The second-order valence-electron chi connectivity index (χ2n) is 10.8. The Morgan fingerprint density at radius 1 is 1.00 bits per heavy atom. The number of H-pyrrole nitrogens is 1. The molecule has 5 aromatic rings. The Labute approximate surface area is 231 Å². The molecule has 7 nitrogen and oxygen atoms in total. The number of aliphatic hydroxyl groups is 1. The third-order valence-electron chi connectivity index (χ3n) is 8.28. The van der Waals surface area contributed by atoms with Gasteiger partial charge in [0.25, 0.3) is 11.5 Å². The lowest BCUT2D eigenvalue weighted by atomic mass is 9.94. The summed E-state index contributed by atoms with van der Waals surface area (Å²) >= 11 is 0. The van der Waals surface area contributed by atoms with Crippen molar-refractivity contribution in [1.82, 2.24) is 14.9 Å². The molecule has 2 aliphatic rings. The number of amides is 1. The van der Waals surface area contributed by atoms with E-state index in [0.717, 1.165) is 40.6 Å². The Hall–Kier alpha value is -4.49. The first-order valence-electron chi connectivity index (χ1n) is 13.8. The number of furan rings is 1. The highest BCUT2D eigenvalue weighted by atomic mass is 16.3. The van der Waals surface area contributed by atoms with Crippen LogP contribution < -0.4 is 5.56 Å². The summed E-state index contributed by atoms with van der Waals surface area (Å²) in [6, 6.07) is 27.1. The number of nitrogens with zero attached hydrogens (tertiary/aromatic N) is 2. The number of benzene rings is 3. The van der Waals surface area contributed by atoms with Gasteiger partial charge in [-0.25, -0.2) is 4.98 Å². The zero-order chi connectivity index (χ0) is 27.3. The van der Waals surface area contributed by atoms with Gasteiger partial charge in [-0.1, -0.05) is 66.7 Å². The molecule has 7 heteroatoms. The Kier molecular flexibility index (Phi) is 5.90. The number of aromatic amines is 1. The van der Waals surface area contributed by atoms with Crippen molar-refractivity contribution in [1.29, 1.82) is 0 Å². The second-order valence-corrected chi connectivity index (χ2v) is 10.8. The summed E-state index contributed by atoms with van der Waals surface area (Å²) in [5.74, 6) is 0.953. The van der Waals surface area contributed by atoms with Crippen LogP contribution in [-0.2, 0) is 23.2 Å². The Morgan fingerprint density at radius 3 is 2.60 bits per heavy atom. The van der Waals surface area contributed by atoms with E-state index >= 15 is 0 Å². The van der Waals surface area contributed by atoms with Crippen LogP contribution in [0.25, 0.3) is 22.3 Å². The van der Waals surface area contributed by atoms with E-state index < -0.39 is 12.0 Å². The second kappa shape index (κ2) is 9.61. The summed E-state index contributed by atoms with van der Waals surface area (Å²) in [5, 5.41) is 12.1. The number of carbonyl (C=O) groups excluding carboxylic acids is 1. The molecule has 1 aliphatic carbocycles. The topological polar surface area (TPSA) is 99.4 Å². The van der Waals surface area contributed by atoms with Crippen molar-refractivity contribution < 1.29 is 14.3 Å². The minimum atomic E-state index is -1.36. The average molecular weight is 532 g/mol. The summed E-state index contributed by atoms with van der Waals surface area (Å²) in [6.45, 7) is 0.559. The van der Waals surface area contributed by atoms with Gasteiger partial charge >= 0.3 is 0 Å². The number of fused-ring (bicyclic) bond motifs is 2. The highest BCUT2D eigenvalue weighted by Crippen LogP contribution is 2.52. The van der Waals surface area contributed by atoms with Gasteiger partial charge in [-0.2, -0.15) is 0 Å². The molecule has 7 rings (SSSR count). The fourth-order valence-electron chi connectivity index (χ4n) is 5.88. The lowest BCUT2D eigenvalue weighted by Crippen LogP contribution is -2.36. The molecular formula is C33H29N3O4. The highest BCUT2D eigenvalue weighted by molar-refractivity contribution is 5.84. The maximum atomic E-state index is 13.5. The van der Waals surface area contributed by atoms with Gasteiger partial charge in [-0.3, -0.25) is 9.59 Å². The van der Waals surface area contributed by atoms with E-state index in [1.807, 2.05) is 60.7 Å². The van der Waals surface area contributed by atoms with E-state index in [4.69, 9.17) is 9.40 Å². The summed E-state index contributed by atoms with van der Waals surface area (Å²) < 4.78 is 5.98. The van der Waals surface area contributed by atoms with E-state index in [2.05, 4.69) is 17.1 Å². The van der Waals surface area contributed by atoms with Crippen LogP contribution >= 0.6 is 0 Å². The molecule has 0 spiro atoms. The Bertz CT molecular complexity index is 1750. The molecule has 0 radical (unpaired) electrons. The molecule has 1 saturated carbocycles. The molecule has 2 aromatic heterocycles. The molecule has 200 valence electrons. The van der Waals surface area contributed by atoms with E-state index in [-0.39, 0.29) is 17.5 Å². The average Bonchev–Trinajstić information content (AvgIpc) is 3.74. The van der Waals surface area contributed by atoms with Crippen molar-refractivity contribution >= 4 is 16.9 Å². The number of aromatic nitrogens is 2. The lowest BCUT2D eigenvalue weighted by Gasteiger charge is -2.24. The molecule has 1 aliphatic heterocycles. The number of hydrogen-bond donors (Lipinski definition) is 2. The number of para-hydroxylation sites is 1. The molecule has 2 N–H and O–H groups in total. The molecule has 40 heavy (non-hydrogen) atoms. The SMILES string of the molecule is O=C([C@H](O)c1cccc(-c2cc3ccccc3o2)c1)N1CCCc2nc(C3(c4ccccc4)CC3)[nH]c(=O)c2C1. The molecule has 1 fully saturated rings. The first-order valence-corrected chi connectivity index (χ1v) is 13.8. The largest absolute Gasteiger partial charge is 0.456 e. The van der Waals surface area contributed by atoms with Gasteiger partial charge in [0.2, 0.25) is 0 Å². The zero-order valence-electron chi connectivity index (χ0n) is 22.0. The quantitative estimate of drug-likeness (QED) is 0.322. The van der Waals surface area contributed by atoms with Gasteiger partial charge in [-0.05, 0) is 55.0 Å². The number of nitrogens with one attached hydrogen (secondary N) is 1. The van der Waals surface area contributed by atoms with Crippen molar-refractivity contribution in [2.75, 3.05) is 6.54 Å². The smallest absolute Gasteiger partial charge is 0.256 e. The Morgan fingerprint density at radius 2 is 1.80 bits per heavy atom. The van der Waals surface area contributed by atoms with Crippen LogP contribution in [-0.4, -0.2) is 32.4 Å². The minimum Gasteiger partial charge on any atom is -0.456 e. The lowest BCUT2D eigenvalue weighted by molar-refractivity contribution is -0.141. The van der Waals surface area contributed by atoms with E-state index in [0.29, 0.717) is 42.1 Å². The fraction of sp³-hybridized carbons (Fsp3) is 0.242.